The number of benzene rings is 1. The molecule has 0 spiro atoms. The summed E-state index contributed by atoms with van der Waals surface area (Å²) in [6, 6.07) is 8.64. The number of carbonyl (C=O) groups is 2. The van der Waals surface area contributed by atoms with Gasteiger partial charge in [-0.2, -0.15) is 0 Å². The first-order chi connectivity index (χ1) is 10.6. The van der Waals surface area contributed by atoms with Crippen LogP contribution in [0.25, 0.3) is 0 Å². The summed E-state index contributed by atoms with van der Waals surface area (Å²) in [5, 5.41) is 14.7. The number of rotatable bonds is 6. The van der Waals surface area contributed by atoms with E-state index in [4.69, 9.17) is 0 Å². The predicted molar refractivity (Wildman–Crippen MR) is 85.9 cm³/mol. The molecule has 2 aromatic rings. The number of hydrogen-bond acceptors (Lipinski definition) is 5. The second-order valence-corrected chi connectivity index (χ2v) is 5.91. The highest BCUT2D eigenvalue weighted by Crippen LogP contribution is 2.15. The zero-order chi connectivity index (χ0) is 15.9. The maximum Gasteiger partial charge on any atom is 0.251 e. The van der Waals surface area contributed by atoms with Crippen molar-refractivity contribution in [2.75, 3.05) is 5.32 Å². The molecule has 116 valence electrons. The fraction of sp³-hybridized carbons (Fsp3) is 0.333. The van der Waals surface area contributed by atoms with Gasteiger partial charge >= 0.3 is 0 Å². The molecule has 0 saturated heterocycles. The van der Waals surface area contributed by atoms with Gasteiger partial charge in [0.2, 0.25) is 11.0 Å². The highest BCUT2D eigenvalue weighted by Gasteiger charge is 2.14. The molecule has 0 fully saturated rings. The predicted octanol–water partition coefficient (Wildman–Crippen LogP) is 2.25. The molecule has 1 aromatic carbocycles. The molecule has 22 heavy (non-hydrogen) atoms. The van der Waals surface area contributed by atoms with Gasteiger partial charge in [0.05, 0.1) is 0 Å². The topological polar surface area (TPSA) is 84.0 Å². The maximum atomic E-state index is 12.0. The van der Waals surface area contributed by atoms with E-state index in [0.29, 0.717) is 10.7 Å². The summed E-state index contributed by atoms with van der Waals surface area (Å²) in [5.41, 5.74) is 0.575. The minimum absolute atomic E-state index is 0.180. The smallest absolute Gasteiger partial charge is 0.251 e. The van der Waals surface area contributed by atoms with Gasteiger partial charge in [-0.3, -0.25) is 9.59 Å². The molecule has 0 saturated carbocycles. The zero-order valence-electron chi connectivity index (χ0n) is 12.5. The van der Waals surface area contributed by atoms with Gasteiger partial charge in [0, 0.05) is 18.0 Å². The Labute approximate surface area is 133 Å². The van der Waals surface area contributed by atoms with Crippen LogP contribution in [-0.2, 0) is 11.2 Å². The number of carbonyl (C=O) groups excluding carboxylic acids is 2. The van der Waals surface area contributed by atoms with Gasteiger partial charge in [0.25, 0.3) is 5.91 Å². The fourth-order valence-corrected chi connectivity index (χ4v) is 2.54. The number of amides is 2. The summed E-state index contributed by atoms with van der Waals surface area (Å²) in [6.07, 6.45) is 0.969. The van der Waals surface area contributed by atoms with Crippen LogP contribution in [0.15, 0.2) is 30.3 Å². The molecule has 2 rings (SSSR count). The number of aromatic nitrogens is 2. The summed E-state index contributed by atoms with van der Waals surface area (Å²) in [6.45, 7) is 3.77. The van der Waals surface area contributed by atoms with Crippen LogP contribution >= 0.6 is 11.3 Å². The van der Waals surface area contributed by atoms with E-state index >= 15 is 0 Å². The molecule has 1 atom stereocenters. The van der Waals surface area contributed by atoms with Crippen molar-refractivity contribution in [3.05, 3.63) is 40.9 Å². The van der Waals surface area contributed by atoms with Crippen LogP contribution in [0.4, 0.5) is 5.13 Å². The summed E-state index contributed by atoms with van der Waals surface area (Å²) >= 11 is 1.36. The van der Waals surface area contributed by atoms with Crippen molar-refractivity contribution in [1.29, 1.82) is 0 Å². The summed E-state index contributed by atoms with van der Waals surface area (Å²) in [4.78, 5) is 23.9. The number of aryl methyl sites for hydroxylation is 1. The van der Waals surface area contributed by atoms with E-state index in [9.17, 15) is 9.59 Å². The first-order valence-electron chi connectivity index (χ1n) is 7.06. The molecular weight excluding hydrogens is 300 g/mol. The lowest BCUT2D eigenvalue weighted by Crippen LogP contribution is -2.35. The Balaban J connectivity index is 1.82. The third kappa shape index (κ3) is 4.63. The van der Waals surface area contributed by atoms with Crippen molar-refractivity contribution in [2.24, 2.45) is 0 Å². The van der Waals surface area contributed by atoms with Crippen LogP contribution in [0, 0.1) is 0 Å². The van der Waals surface area contributed by atoms with Crippen LogP contribution in [0.5, 0.6) is 0 Å². The van der Waals surface area contributed by atoms with Crippen molar-refractivity contribution in [3.63, 3.8) is 0 Å². The quantitative estimate of drug-likeness (QED) is 0.855. The molecule has 1 heterocycles. The van der Waals surface area contributed by atoms with Crippen LogP contribution in [0.3, 0.4) is 0 Å². The lowest BCUT2D eigenvalue weighted by atomic mass is 10.1. The molecule has 1 aromatic heterocycles. The Morgan fingerprint density at radius 2 is 1.95 bits per heavy atom. The van der Waals surface area contributed by atoms with E-state index in [1.807, 2.05) is 13.0 Å². The minimum atomic E-state index is -0.272. The SMILES string of the molecule is CCc1nnc(NC(=O)C[C@H](C)NC(=O)c2ccccc2)s1. The molecule has 0 aliphatic carbocycles. The van der Waals surface area contributed by atoms with E-state index in [2.05, 4.69) is 20.8 Å². The van der Waals surface area contributed by atoms with Crippen molar-refractivity contribution < 1.29 is 9.59 Å². The number of anilines is 1. The molecule has 0 bridgehead atoms. The largest absolute Gasteiger partial charge is 0.349 e. The van der Waals surface area contributed by atoms with E-state index in [0.717, 1.165) is 11.4 Å². The molecule has 2 amide bonds. The van der Waals surface area contributed by atoms with Crippen molar-refractivity contribution in [1.82, 2.24) is 15.5 Å². The van der Waals surface area contributed by atoms with Crippen LogP contribution in [-0.4, -0.2) is 28.1 Å². The molecule has 0 aliphatic rings. The summed E-state index contributed by atoms with van der Waals surface area (Å²) in [5.74, 6) is -0.384. The van der Waals surface area contributed by atoms with Gasteiger partial charge in [-0.25, -0.2) is 0 Å². The van der Waals surface area contributed by atoms with E-state index < -0.39 is 0 Å². The maximum absolute atomic E-state index is 12.0. The van der Waals surface area contributed by atoms with Gasteiger partial charge < -0.3 is 10.6 Å². The average molecular weight is 318 g/mol. The highest BCUT2D eigenvalue weighted by atomic mass is 32.1. The van der Waals surface area contributed by atoms with E-state index in [1.54, 1.807) is 31.2 Å². The monoisotopic (exact) mass is 318 g/mol. The Morgan fingerprint density at radius 3 is 2.59 bits per heavy atom. The lowest BCUT2D eigenvalue weighted by Gasteiger charge is -2.13. The Hall–Kier alpha value is -2.28. The molecule has 7 heteroatoms. The third-order valence-corrected chi connectivity index (χ3v) is 3.90. The summed E-state index contributed by atoms with van der Waals surface area (Å²) in [7, 11) is 0. The van der Waals surface area contributed by atoms with Gasteiger partial charge in [0.15, 0.2) is 0 Å². The lowest BCUT2D eigenvalue weighted by molar-refractivity contribution is -0.116. The fourth-order valence-electron chi connectivity index (χ4n) is 1.84. The Bertz CT molecular complexity index is 642. The second kappa shape index (κ2) is 7.65. The number of hydrogen-bond donors (Lipinski definition) is 2. The van der Waals surface area contributed by atoms with Crippen molar-refractivity contribution in [2.45, 2.75) is 32.7 Å². The van der Waals surface area contributed by atoms with Crippen molar-refractivity contribution >= 4 is 28.3 Å². The van der Waals surface area contributed by atoms with E-state index in [-0.39, 0.29) is 24.3 Å². The molecular formula is C15H18N4O2S. The van der Waals surface area contributed by atoms with Gasteiger partial charge in [0.1, 0.15) is 5.01 Å². The first-order valence-corrected chi connectivity index (χ1v) is 7.88. The highest BCUT2D eigenvalue weighted by molar-refractivity contribution is 7.15. The number of nitrogens with one attached hydrogen (secondary N) is 2. The molecule has 0 unspecified atom stereocenters. The molecule has 2 N–H and O–H groups in total. The third-order valence-electron chi connectivity index (χ3n) is 2.92. The van der Waals surface area contributed by atoms with Crippen LogP contribution in [0.2, 0.25) is 0 Å². The van der Waals surface area contributed by atoms with Gasteiger partial charge in [-0.05, 0) is 25.5 Å². The van der Waals surface area contributed by atoms with Gasteiger partial charge in [-0.15, -0.1) is 10.2 Å². The Morgan fingerprint density at radius 1 is 1.23 bits per heavy atom. The van der Waals surface area contributed by atoms with Crippen molar-refractivity contribution in [3.8, 4) is 0 Å². The molecule has 6 nitrogen and oxygen atoms in total. The Kier molecular flexibility index (Phi) is 5.60. The van der Waals surface area contributed by atoms with Gasteiger partial charge in [-0.1, -0.05) is 36.5 Å². The minimum Gasteiger partial charge on any atom is -0.349 e. The number of nitrogens with zero attached hydrogens (tertiary/aromatic N) is 2. The van der Waals surface area contributed by atoms with Crippen LogP contribution < -0.4 is 10.6 Å². The molecule has 0 aliphatic heterocycles. The average Bonchev–Trinajstić information content (AvgIpc) is 2.95. The second-order valence-electron chi connectivity index (χ2n) is 4.85. The van der Waals surface area contributed by atoms with E-state index in [1.165, 1.54) is 11.3 Å². The molecule has 0 radical (unpaired) electrons. The zero-order valence-corrected chi connectivity index (χ0v) is 13.3. The summed E-state index contributed by atoms with van der Waals surface area (Å²) < 4.78 is 0. The van der Waals surface area contributed by atoms with Crippen LogP contribution in [0.1, 0.15) is 35.6 Å². The first kappa shape index (κ1) is 16.1. The normalized spacial score (nSPS) is 11.7. The standard InChI is InChI=1S/C15H18N4O2S/c1-3-13-18-19-15(22-13)17-12(20)9-10(2)16-14(21)11-7-5-4-6-8-11/h4-8,10H,3,9H2,1-2H3,(H,16,21)(H,17,19,20)/t10-/m0/s1.